The number of nitrogens with one attached hydrogen (secondary N) is 1. The number of piperidine rings is 1. The van der Waals surface area contributed by atoms with Gasteiger partial charge in [-0.1, -0.05) is 20.3 Å². The Morgan fingerprint density at radius 2 is 1.81 bits per heavy atom. The van der Waals surface area contributed by atoms with E-state index in [1.807, 2.05) is 4.90 Å². The van der Waals surface area contributed by atoms with E-state index in [2.05, 4.69) is 33.0 Å². The Kier molecular flexibility index (Phi) is 4.83. The second-order valence-corrected chi connectivity index (χ2v) is 10.3. The molecular weight excluding hydrogens is 336 g/mol. The maximum Gasteiger partial charge on any atom is 0.226 e. The van der Waals surface area contributed by atoms with Crippen molar-refractivity contribution in [2.24, 2.45) is 34.5 Å². The first-order chi connectivity index (χ1) is 12.8. The smallest absolute Gasteiger partial charge is 0.226 e. The zero-order valence-corrected chi connectivity index (χ0v) is 17.7. The molecule has 0 aromatic carbocycles. The third-order valence-corrected chi connectivity index (χ3v) is 9.41. The molecule has 1 saturated heterocycles. The Morgan fingerprint density at radius 3 is 2.52 bits per heavy atom. The fourth-order valence-electron chi connectivity index (χ4n) is 7.88. The van der Waals surface area contributed by atoms with E-state index in [1.165, 1.54) is 38.5 Å². The molecule has 3 aliphatic carbocycles. The van der Waals surface area contributed by atoms with Gasteiger partial charge < -0.3 is 10.2 Å². The predicted molar refractivity (Wildman–Crippen MR) is 107 cm³/mol. The average molecular weight is 375 g/mol. The summed E-state index contributed by atoms with van der Waals surface area (Å²) >= 11 is 0. The fraction of sp³-hybridized carbons (Fsp3) is 0.913. The van der Waals surface area contributed by atoms with Crippen molar-refractivity contribution in [3.05, 3.63) is 0 Å². The lowest BCUT2D eigenvalue weighted by atomic mass is 9.45. The van der Waals surface area contributed by atoms with E-state index in [1.54, 1.807) is 0 Å². The molecule has 0 aromatic heterocycles. The summed E-state index contributed by atoms with van der Waals surface area (Å²) in [6.07, 6.45) is 9.36. The second kappa shape index (κ2) is 6.77. The van der Waals surface area contributed by atoms with E-state index in [4.69, 9.17) is 0 Å². The van der Waals surface area contributed by atoms with Crippen molar-refractivity contribution in [3.8, 4) is 0 Å². The topological polar surface area (TPSA) is 49.4 Å². The largest absolute Gasteiger partial charge is 0.353 e. The van der Waals surface area contributed by atoms with Crippen LogP contribution in [0.25, 0.3) is 0 Å². The molecule has 0 aromatic rings. The third kappa shape index (κ3) is 2.76. The highest BCUT2D eigenvalue weighted by Gasteiger charge is 2.62. The minimum atomic E-state index is -0.144. The van der Waals surface area contributed by atoms with Crippen molar-refractivity contribution < 1.29 is 9.59 Å². The lowest BCUT2D eigenvalue weighted by Gasteiger charge is -2.61. The molecule has 1 heterocycles. The van der Waals surface area contributed by atoms with Crippen LogP contribution in [0.5, 0.6) is 0 Å². The molecule has 1 N–H and O–H groups in total. The van der Waals surface area contributed by atoms with Crippen molar-refractivity contribution in [2.45, 2.75) is 85.1 Å². The van der Waals surface area contributed by atoms with Gasteiger partial charge in [0.15, 0.2) is 0 Å². The number of amides is 2. The molecule has 152 valence electrons. The van der Waals surface area contributed by atoms with E-state index in [0.29, 0.717) is 17.8 Å². The Morgan fingerprint density at radius 1 is 1.07 bits per heavy atom. The van der Waals surface area contributed by atoms with Crippen LogP contribution in [0.1, 0.15) is 79.1 Å². The zero-order valence-electron chi connectivity index (χ0n) is 17.7. The number of nitrogens with zero attached hydrogens (tertiary/aromatic N) is 1. The number of hydrogen-bond donors (Lipinski definition) is 1. The summed E-state index contributed by atoms with van der Waals surface area (Å²) < 4.78 is 0. The van der Waals surface area contributed by atoms with Crippen molar-refractivity contribution in [2.75, 3.05) is 13.1 Å². The Balaban J connectivity index is 1.69. The molecule has 3 saturated carbocycles. The molecule has 7 atom stereocenters. The van der Waals surface area contributed by atoms with Crippen LogP contribution in [0.3, 0.4) is 0 Å². The fourth-order valence-corrected chi connectivity index (χ4v) is 7.88. The van der Waals surface area contributed by atoms with Gasteiger partial charge in [-0.25, -0.2) is 0 Å². The zero-order chi connectivity index (χ0) is 19.4. The molecule has 4 aliphatic rings. The Labute approximate surface area is 164 Å². The van der Waals surface area contributed by atoms with Crippen molar-refractivity contribution in [1.29, 1.82) is 0 Å². The van der Waals surface area contributed by atoms with Gasteiger partial charge in [0.1, 0.15) is 0 Å². The van der Waals surface area contributed by atoms with Crippen molar-refractivity contribution in [3.63, 3.8) is 0 Å². The van der Waals surface area contributed by atoms with E-state index >= 15 is 0 Å². The SMILES string of the molecule is CCN(CC)C(=O)C1CC(=O)N[C@@H]2CC[C@H]3[C@@H]4CCC[C@@]4(C)CC[C@@H]3[C@@]12C. The van der Waals surface area contributed by atoms with Gasteiger partial charge >= 0.3 is 0 Å². The van der Waals surface area contributed by atoms with Crippen LogP contribution in [0.4, 0.5) is 0 Å². The molecule has 0 bridgehead atoms. The first-order valence-corrected chi connectivity index (χ1v) is 11.4. The number of hydrogen-bond acceptors (Lipinski definition) is 2. The van der Waals surface area contributed by atoms with Crippen LogP contribution in [-0.4, -0.2) is 35.8 Å². The normalized spacial score (nSPS) is 46.1. The van der Waals surface area contributed by atoms with Gasteiger partial charge in [0.25, 0.3) is 0 Å². The van der Waals surface area contributed by atoms with E-state index in [0.717, 1.165) is 31.3 Å². The highest BCUT2D eigenvalue weighted by Crippen LogP contribution is 2.65. The standard InChI is InChI=1S/C23H38N2O2/c1-5-25(6-2)21(27)18-14-20(26)24-19-10-9-15-16-8-7-12-22(16,3)13-11-17(15)23(18,19)4/h15-19H,5-14H2,1-4H3,(H,24,26)/t15-,16-,17-,18?,19+,22-,23-/m0/s1. The highest BCUT2D eigenvalue weighted by molar-refractivity contribution is 5.88. The summed E-state index contributed by atoms with van der Waals surface area (Å²) in [5.41, 5.74) is 0.446. The first-order valence-electron chi connectivity index (χ1n) is 11.4. The molecule has 27 heavy (non-hydrogen) atoms. The van der Waals surface area contributed by atoms with Crippen LogP contribution >= 0.6 is 0 Å². The van der Waals surface area contributed by atoms with Crippen LogP contribution < -0.4 is 5.32 Å². The summed E-state index contributed by atoms with van der Waals surface area (Å²) in [7, 11) is 0. The summed E-state index contributed by atoms with van der Waals surface area (Å²) in [5, 5.41) is 3.31. The van der Waals surface area contributed by atoms with Gasteiger partial charge in [0.2, 0.25) is 11.8 Å². The van der Waals surface area contributed by atoms with Crippen molar-refractivity contribution >= 4 is 11.8 Å². The predicted octanol–water partition coefficient (Wildman–Crippen LogP) is 3.99. The Hall–Kier alpha value is -1.06. The molecule has 4 heteroatoms. The molecule has 2 amide bonds. The monoisotopic (exact) mass is 374 g/mol. The molecule has 4 nitrogen and oxygen atoms in total. The average Bonchev–Trinajstić information content (AvgIpc) is 3.04. The molecular formula is C23H38N2O2. The maximum absolute atomic E-state index is 13.5. The minimum absolute atomic E-state index is 0.0829. The van der Waals surface area contributed by atoms with Gasteiger partial charge in [-0.2, -0.15) is 0 Å². The van der Waals surface area contributed by atoms with Gasteiger partial charge in [-0.3, -0.25) is 9.59 Å². The molecule has 1 aliphatic heterocycles. The number of carbonyl (C=O) groups is 2. The van der Waals surface area contributed by atoms with Crippen LogP contribution in [0.15, 0.2) is 0 Å². The van der Waals surface area contributed by atoms with Crippen LogP contribution in [0.2, 0.25) is 0 Å². The molecule has 0 spiro atoms. The van der Waals surface area contributed by atoms with E-state index in [9.17, 15) is 9.59 Å². The summed E-state index contributed by atoms with van der Waals surface area (Å²) in [6.45, 7) is 10.5. The van der Waals surface area contributed by atoms with Crippen molar-refractivity contribution in [1.82, 2.24) is 10.2 Å². The van der Waals surface area contributed by atoms with Crippen LogP contribution in [-0.2, 0) is 9.59 Å². The van der Waals surface area contributed by atoms with Gasteiger partial charge in [-0.15, -0.1) is 0 Å². The van der Waals surface area contributed by atoms with Gasteiger partial charge in [0, 0.05) is 31.0 Å². The summed E-state index contributed by atoms with van der Waals surface area (Å²) in [4.78, 5) is 27.9. The second-order valence-electron chi connectivity index (χ2n) is 10.3. The first kappa shape index (κ1) is 19.3. The third-order valence-electron chi connectivity index (χ3n) is 9.41. The lowest BCUT2D eigenvalue weighted by molar-refractivity contribution is -0.164. The maximum atomic E-state index is 13.5. The number of fused-ring (bicyclic) bond motifs is 5. The van der Waals surface area contributed by atoms with E-state index in [-0.39, 0.29) is 29.2 Å². The van der Waals surface area contributed by atoms with Gasteiger partial charge in [0.05, 0.1) is 5.92 Å². The molecule has 4 rings (SSSR count). The summed E-state index contributed by atoms with van der Waals surface area (Å²) in [5.74, 6) is 2.32. The minimum Gasteiger partial charge on any atom is -0.353 e. The Bertz CT molecular complexity index is 615. The molecule has 4 fully saturated rings. The summed E-state index contributed by atoms with van der Waals surface area (Å²) in [6, 6.07) is 0.176. The van der Waals surface area contributed by atoms with Gasteiger partial charge in [-0.05, 0) is 75.5 Å². The molecule has 1 unspecified atom stereocenters. The quantitative estimate of drug-likeness (QED) is 0.812. The number of carbonyl (C=O) groups excluding carboxylic acids is 2. The molecule has 0 radical (unpaired) electrons. The van der Waals surface area contributed by atoms with E-state index < -0.39 is 0 Å². The lowest BCUT2D eigenvalue weighted by Crippen LogP contribution is -2.66. The highest BCUT2D eigenvalue weighted by atomic mass is 16.2. The van der Waals surface area contributed by atoms with Crippen LogP contribution in [0, 0.1) is 34.5 Å². The number of rotatable bonds is 3.